The van der Waals surface area contributed by atoms with Crippen LogP contribution in [0.15, 0.2) is 54.2 Å². The predicted octanol–water partition coefficient (Wildman–Crippen LogP) is 9.31. The molecular formula is C33H46ClN2O2S+. The zero-order chi connectivity index (χ0) is 27.7. The maximum atomic E-state index is 12.7. The molecule has 1 aromatic heterocycles. The minimum Gasteiger partial charge on any atom is -0.494 e. The number of carbonyl (C=O) groups is 1. The second kappa shape index (κ2) is 18.1. The molecule has 6 heteroatoms. The number of halogens is 1. The maximum absolute atomic E-state index is 12.7. The van der Waals surface area contributed by atoms with Crippen molar-refractivity contribution in [2.75, 3.05) is 11.9 Å². The van der Waals surface area contributed by atoms with E-state index in [-0.39, 0.29) is 12.3 Å². The Bertz CT molecular complexity index is 1130. The molecule has 39 heavy (non-hydrogen) atoms. The molecule has 3 rings (SSSR count). The highest BCUT2D eigenvalue weighted by Gasteiger charge is 2.11. The number of unbranched alkanes of at least 4 members (excludes halogenated alkanes) is 11. The van der Waals surface area contributed by atoms with Gasteiger partial charge in [-0.25, -0.2) is 0 Å². The van der Waals surface area contributed by atoms with Gasteiger partial charge >= 0.3 is 0 Å². The van der Waals surface area contributed by atoms with Crippen molar-refractivity contribution in [2.45, 2.75) is 104 Å². The molecule has 1 amide bonds. The fraction of sp³-hybridized carbons (Fsp3) is 0.515. The number of aromatic nitrogens is 1. The Morgan fingerprint density at radius 1 is 0.923 bits per heavy atom. The van der Waals surface area contributed by atoms with Gasteiger partial charge in [0.05, 0.1) is 17.9 Å². The van der Waals surface area contributed by atoms with Crippen molar-refractivity contribution in [3.63, 3.8) is 0 Å². The first-order chi connectivity index (χ1) is 19.0. The lowest BCUT2D eigenvalue weighted by Gasteiger charge is -2.10. The van der Waals surface area contributed by atoms with Crippen LogP contribution in [0.3, 0.4) is 0 Å². The van der Waals surface area contributed by atoms with Gasteiger partial charge in [0.1, 0.15) is 5.75 Å². The van der Waals surface area contributed by atoms with Gasteiger partial charge in [-0.05, 0) is 43.2 Å². The smallest absolute Gasteiger partial charge is 0.228 e. The van der Waals surface area contributed by atoms with Gasteiger partial charge < -0.3 is 10.1 Å². The van der Waals surface area contributed by atoms with Gasteiger partial charge in [0.25, 0.3) is 0 Å². The highest BCUT2D eigenvalue weighted by atomic mass is 35.5. The summed E-state index contributed by atoms with van der Waals surface area (Å²) in [5.74, 6) is 0.680. The molecule has 4 nitrogen and oxygen atoms in total. The van der Waals surface area contributed by atoms with Crippen molar-refractivity contribution < 1.29 is 14.1 Å². The van der Waals surface area contributed by atoms with Crippen LogP contribution < -0.4 is 14.6 Å². The Kier molecular flexibility index (Phi) is 14.4. The van der Waals surface area contributed by atoms with Crippen LogP contribution in [0.4, 0.5) is 5.69 Å². The lowest BCUT2D eigenvalue weighted by atomic mass is 10.1. The summed E-state index contributed by atoms with van der Waals surface area (Å²) in [4.78, 5) is 14.0. The fourth-order valence-corrected chi connectivity index (χ4v) is 5.63. The van der Waals surface area contributed by atoms with Crippen LogP contribution in [0.1, 0.15) is 100.0 Å². The van der Waals surface area contributed by atoms with Crippen molar-refractivity contribution in [2.24, 2.45) is 0 Å². The Morgan fingerprint density at radius 2 is 1.62 bits per heavy atom. The maximum Gasteiger partial charge on any atom is 0.228 e. The number of hydrogen-bond acceptors (Lipinski definition) is 3. The van der Waals surface area contributed by atoms with E-state index in [0.29, 0.717) is 11.6 Å². The third kappa shape index (κ3) is 12.6. The van der Waals surface area contributed by atoms with Gasteiger partial charge in [0.15, 0.2) is 12.7 Å². The first kappa shape index (κ1) is 31.2. The molecule has 212 valence electrons. The average Bonchev–Trinajstić information content (AvgIpc) is 3.32. The van der Waals surface area contributed by atoms with Crippen LogP contribution in [-0.4, -0.2) is 12.5 Å². The summed E-state index contributed by atoms with van der Waals surface area (Å²) in [6.07, 6.45) is 18.3. The number of nitrogens with one attached hydrogen (secondary N) is 1. The zero-order valence-corrected chi connectivity index (χ0v) is 25.4. The van der Waals surface area contributed by atoms with E-state index in [9.17, 15) is 4.79 Å². The summed E-state index contributed by atoms with van der Waals surface area (Å²) < 4.78 is 8.07. The topological polar surface area (TPSA) is 42.2 Å². The standard InChI is InChI=1S/C33H45ClN2O2S/c1-3-4-5-6-7-8-9-10-11-12-13-14-20-38-31-19-18-29(32(34)23-31)22-33(37)35-30-17-15-16-28(21-30)25-36-24-27(2)39-26-36/h15-19,21,23-24,26H,3-14,20,22,25H2,1-2H3/p+1. The molecule has 0 saturated carbocycles. The van der Waals surface area contributed by atoms with E-state index in [1.807, 2.05) is 36.4 Å². The number of ether oxygens (including phenoxy) is 1. The molecule has 1 heterocycles. The molecule has 0 spiro atoms. The van der Waals surface area contributed by atoms with E-state index in [1.165, 1.54) is 75.5 Å². The first-order valence-electron chi connectivity index (χ1n) is 14.8. The number of hydrogen-bond donors (Lipinski definition) is 1. The monoisotopic (exact) mass is 569 g/mol. The molecule has 0 bridgehead atoms. The Labute approximate surface area is 244 Å². The molecule has 3 aromatic rings. The molecule has 0 aliphatic rings. The van der Waals surface area contributed by atoms with Crippen molar-refractivity contribution in [3.8, 4) is 5.75 Å². The molecule has 0 unspecified atom stereocenters. The third-order valence-corrected chi connectivity index (χ3v) is 8.14. The van der Waals surface area contributed by atoms with E-state index in [2.05, 4.69) is 41.5 Å². The second-order valence-corrected chi connectivity index (χ2v) is 12.0. The Morgan fingerprint density at radius 3 is 2.26 bits per heavy atom. The van der Waals surface area contributed by atoms with Gasteiger partial charge in [-0.2, -0.15) is 4.57 Å². The van der Waals surface area contributed by atoms with Crippen LogP contribution in [0.25, 0.3) is 0 Å². The summed E-state index contributed by atoms with van der Waals surface area (Å²) >= 11 is 8.22. The lowest BCUT2D eigenvalue weighted by molar-refractivity contribution is -0.683. The largest absolute Gasteiger partial charge is 0.494 e. The summed E-state index contributed by atoms with van der Waals surface area (Å²) in [7, 11) is 0. The highest BCUT2D eigenvalue weighted by Crippen LogP contribution is 2.24. The first-order valence-corrected chi connectivity index (χ1v) is 16.0. The van der Waals surface area contributed by atoms with Crippen LogP contribution >= 0.6 is 22.9 Å². The number of nitrogens with zero attached hydrogens (tertiary/aromatic N) is 1. The lowest BCUT2D eigenvalue weighted by Crippen LogP contribution is -2.30. The molecule has 0 radical (unpaired) electrons. The normalized spacial score (nSPS) is 11.1. The highest BCUT2D eigenvalue weighted by molar-refractivity contribution is 7.09. The van der Waals surface area contributed by atoms with E-state index >= 15 is 0 Å². The molecule has 0 aliphatic heterocycles. The minimum absolute atomic E-state index is 0.0850. The number of anilines is 1. The molecule has 0 atom stereocenters. The van der Waals surface area contributed by atoms with Crippen LogP contribution in [0.5, 0.6) is 5.75 Å². The van der Waals surface area contributed by atoms with Crippen LogP contribution in [-0.2, 0) is 17.8 Å². The van der Waals surface area contributed by atoms with Crippen molar-refractivity contribution in [1.82, 2.24) is 0 Å². The molecule has 0 saturated heterocycles. The quantitative estimate of drug-likeness (QED) is 0.115. The number of rotatable bonds is 19. The summed E-state index contributed by atoms with van der Waals surface area (Å²) in [5, 5.41) is 3.57. The molecule has 2 aromatic carbocycles. The summed E-state index contributed by atoms with van der Waals surface area (Å²) in [5.41, 5.74) is 4.84. The number of aryl methyl sites for hydroxylation is 1. The van der Waals surface area contributed by atoms with Gasteiger partial charge in [0.2, 0.25) is 11.4 Å². The zero-order valence-electron chi connectivity index (χ0n) is 23.9. The third-order valence-electron chi connectivity index (χ3n) is 6.94. The van der Waals surface area contributed by atoms with Crippen molar-refractivity contribution >= 4 is 34.5 Å². The average molecular weight is 570 g/mol. The van der Waals surface area contributed by atoms with Crippen LogP contribution in [0.2, 0.25) is 5.02 Å². The summed E-state index contributed by atoms with van der Waals surface area (Å²) in [6.45, 7) is 5.85. The van der Waals surface area contributed by atoms with Gasteiger partial charge in [-0.3, -0.25) is 4.79 Å². The van der Waals surface area contributed by atoms with Gasteiger partial charge in [-0.1, -0.05) is 119 Å². The number of amides is 1. The molecule has 0 fully saturated rings. The minimum atomic E-state index is -0.0850. The second-order valence-electron chi connectivity index (χ2n) is 10.6. The Balaban J connectivity index is 1.30. The Hall–Kier alpha value is -2.37. The fourth-order valence-electron chi connectivity index (χ4n) is 4.76. The number of thiazole rings is 1. The van der Waals surface area contributed by atoms with Gasteiger partial charge in [0, 0.05) is 16.3 Å². The van der Waals surface area contributed by atoms with E-state index < -0.39 is 0 Å². The van der Waals surface area contributed by atoms with Crippen molar-refractivity contribution in [3.05, 3.63) is 75.2 Å². The number of carbonyl (C=O) groups excluding carboxylic acids is 1. The number of benzene rings is 2. The van der Waals surface area contributed by atoms with E-state index in [0.717, 1.165) is 35.5 Å². The molecule has 1 N–H and O–H groups in total. The van der Waals surface area contributed by atoms with Crippen LogP contribution in [0, 0.1) is 6.92 Å². The summed E-state index contributed by atoms with van der Waals surface area (Å²) in [6, 6.07) is 13.6. The predicted molar refractivity (Wildman–Crippen MR) is 165 cm³/mol. The van der Waals surface area contributed by atoms with Crippen molar-refractivity contribution in [1.29, 1.82) is 0 Å². The SMILES string of the molecule is CCCCCCCCCCCCCCOc1ccc(CC(=O)Nc2cccc(C[n+]3csc(C)c3)c2)c(Cl)c1. The van der Waals surface area contributed by atoms with Gasteiger partial charge in [-0.15, -0.1) is 0 Å². The molecule has 0 aliphatic carbocycles. The van der Waals surface area contributed by atoms with E-state index in [4.69, 9.17) is 16.3 Å². The molecular weight excluding hydrogens is 524 g/mol. The van der Waals surface area contributed by atoms with E-state index in [1.54, 1.807) is 11.3 Å².